The molecule has 0 aliphatic rings. The molecule has 1 rings (SSSR count). The molecule has 0 saturated heterocycles. The maximum atomic E-state index is 12.6. The van der Waals surface area contributed by atoms with Crippen LogP contribution in [0.25, 0.3) is 0 Å². The molecule has 0 aliphatic carbocycles. The van der Waals surface area contributed by atoms with Crippen molar-refractivity contribution < 1.29 is 18.6 Å². The lowest BCUT2D eigenvalue weighted by molar-refractivity contribution is 0.152. The lowest BCUT2D eigenvalue weighted by Gasteiger charge is -2.24. The highest BCUT2D eigenvalue weighted by Gasteiger charge is 2.20. The number of hydrogen-bond acceptors (Lipinski definition) is 6. The normalized spacial score (nSPS) is 10.7. The van der Waals surface area contributed by atoms with Crippen LogP contribution < -0.4 is 15.0 Å². The van der Waals surface area contributed by atoms with Crippen molar-refractivity contribution in [3.8, 4) is 5.75 Å². The first-order chi connectivity index (χ1) is 9.63. The second kappa shape index (κ2) is 8.47. The molecule has 0 bridgehead atoms. The van der Waals surface area contributed by atoms with Crippen molar-refractivity contribution in [2.75, 3.05) is 43.6 Å². The van der Waals surface area contributed by atoms with Crippen LogP contribution in [-0.4, -0.2) is 54.9 Å². The Bertz CT molecular complexity index is 407. The van der Waals surface area contributed by atoms with E-state index < -0.39 is 13.0 Å². The van der Waals surface area contributed by atoms with Crippen molar-refractivity contribution in [3.63, 3.8) is 0 Å². The highest BCUT2D eigenvalue weighted by Crippen LogP contribution is 2.32. The summed E-state index contributed by atoms with van der Waals surface area (Å²) in [6.45, 7) is 1.95. The van der Waals surface area contributed by atoms with Gasteiger partial charge in [-0.1, -0.05) is 6.92 Å². The molecule has 0 amide bonds. The SMILES string of the molecule is CCCNc1ncnc(N(CCO)CC(F)F)c1OC. The summed E-state index contributed by atoms with van der Waals surface area (Å²) in [5.74, 6) is 1.00. The van der Waals surface area contributed by atoms with Gasteiger partial charge in [0.2, 0.25) is 5.75 Å². The molecule has 0 aliphatic heterocycles. The lowest BCUT2D eigenvalue weighted by atomic mass is 10.3. The van der Waals surface area contributed by atoms with Crippen LogP contribution in [0.1, 0.15) is 13.3 Å². The Hall–Kier alpha value is -1.70. The molecule has 0 radical (unpaired) electrons. The molecule has 0 fully saturated rings. The number of aliphatic hydroxyl groups is 1. The summed E-state index contributed by atoms with van der Waals surface area (Å²) in [5.41, 5.74) is 0. The predicted octanol–water partition coefficient (Wildman–Crippen LogP) is 1.37. The molecule has 20 heavy (non-hydrogen) atoms. The van der Waals surface area contributed by atoms with E-state index >= 15 is 0 Å². The van der Waals surface area contributed by atoms with Gasteiger partial charge in [0.1, 0.15) is 6.33 Å². The second-order valence-corrected chi connectivity index (χ2v) is 4.07. The fourth-order valence-corrected chi connectivity index (χ4v) is 1.72. The van der Waals surface area contributed by atoms with Gasteiger partial charge in [0.25, 0.3) is 6.43 Å². The van der Waals surface area contributed by atoms with Gasteiger partial charge in [0.05, 0.1) is 20.3 Å². The third kappa shape index (κ3) is 4.44. The summed E-state index contributed by atoms with van der Waals surface area (Å²) in [5, 5.41) is 12.1. The van der Waals surface area contributed by atoms with Crippen LogP contribution >= 0.6 is 0 Å². The number of nitrogens with one attached hydrogen (secondary N) is 1. The van der Waals surface area contributed by atoms with E-state index in [2.05, 4.69) is 15.3 Å². The quantitative estimate of drug-likeness (QED) is 0.716. The number of halogens is 2. The van der Waals surface area contributed by atoms with Gasteiger partial charge in [-0.2, -0.15) is 0 Å². The Labute approximate surface area is 116 Å². The number of methoxy groups -OCH3 is 1. The van der Waals surface area contributed by atoms with Gasteiger partial charge >= 0.3 is 0 Å². The first-order valence-corrected chi connectivity index (χ1v) is 6.40. The Morgan fingerprint density at radius 1 is 1.45 bits per heavy atom. The van der Waals surface area contributed by atoms with Gasteiger partial charge in [-0.3, -0.25) is 0 Å². The fourth-order valence-electron chi connectivity index (χ4n) is 1.72. The number of anilines is 2. The number of aromatic nitrogens is 2. The minimum absolute atomic E-state index is 0.0466. The van der Waals surface area contributed by atoms with E-state index in [0.717, 1.165) is 6.42 Å². The molecule has 0 unspecified atom stereocenters. The van der Waals surface area contributed by atoms with Crippen LogP contribution in [0.4, 0.5) is 20.4 Å². The zero-order valence-electron chi connectivity index (χ0n) is 11.6. The summed E-state index contributed by atoms with van der Waals surface area (Å²) in [6, 6.07) is 0. The van der Waals surface area contributed by atoms with E-state index in [1.54, 1.807) is 0 Å². The zero-order valence-corrected chi connectivity index (χ0v) is 11.6. The van der Waals surface area contributed by atoms with Crippen LogP contribution in [0.15, 0.2) is 6.33 Å². The van der Waals surface area contributed by atoms with E-state index in [9.17, 15) is 8.78 Å². The van der Waals surface area contributed by atoms with Crippen molar-refractivity contribution in [1.29, 1.82) is 0 Å². The first-order valence-electron chi connectivity index (χ1n) is 6.40. The van der Waals surface area contributed by atoms with Crippen LogP contribution in [0, 0.1) is 0 Å². The van der Waals surface area contributed by atoms with Gasteiger partial charge < -0.3 is 20.1 Å². The zero-order chi connectivity index (χ0) is 15.0. The van der Waals surface area contributed by atoms with Crippen molar-refractivity contribution in [2.45, 2.75) is 19.8 Å². The standard InChI is InChI=1S/C12H20F2N4O2/c1-3-4-15-11-10(20-2)12(17-8-16-11)18(5-6-19)7-9(13)14/h8-9,19H,3-7H2,1-2H3,(H,15,16,17). The molecule has 2 N–H and O–H groups in total. The van der Waals surface area contributed by atoms with Crippen molar-refractivity contribution in [1.82, 2.24) is 9.97 Å². The van der Waals surface area contributed by atoms with Crippen molar-refractivity contribution in [2.24, 2.45) is 0 Å². The number of hydrogen-bond donors (Lipinski definition) is 2. The number of rotatable bonds is 9. The summed E-state index contributed by atoms with van der Waals surface area (Å²) < 4.78 is 30.4. The monoisotopic (exact) mass is 290 g/mol. The average molecular weight is 290 g/mol. The minimum Gasteiger partial charge on any atom is -0.490 e. The van der Waals surface area contributed by atoms with E-state index in [1.807, 2.05) is 6.92 Å². The predicted molar refractivity (Wildman–Crippen MR) is 72.7 cm³/mol. The maximum absolute atomic E-state index is 12.6. The molecular formula is C12H20F2N4O2. The molecule has 0 saturated carbocycles. The number of ether oxygens (including phenoxy) is 1. The van der Waals surface area contributed by atoms with Gasteiger partial charge in [-0.05, 0) is 6.42 Å². The van der Waals surface area contributed by atoms with Crippen LogP contribution in [0.3, 0.4) is 0 Å². The van der Waals surface area contributed by atoms with Gasteiger partial charge in [-0.25, -0.2) is 18.7 Å². The van der Waals surface area contributed by atoms with E-state index in [4.69, 9.17) is 9.84 Å². The van der Waals surface area contributed by atoms with E-state index in [1.165, 1.54) is 18.3 Å². The smallest absolute Gasteiger partial charge is 0.255 e. The molecule has 8 heteroatoms. The molecule has 0 aromatic carbocycles. The number of nitrogens with zero attached hydrogens (tertiary/aromatic N) is 3. The van der Waals surface area contributed by atoms with Gasteiger partial charge in [0.15, 0.2) is 11.6 Å². The highest BCUT2D eigenvalue weighted by molar-refractivity contribution is 5.64. The summed E-state index contributed by atoms with van der Waals surface area (Å²) in [7, 11) is 1.43. The van der Waals surface area contributed by atoms with E-state index in [-0.39, 0.29) is 19.0 Å². The Balaban J connectivity index is 3.06. The van der Waals surface area contributed by atoms with Crippen LogP contribution in [0.5, 0.6) is 5.75 Å². The van der Waals surface area contributed by atoms with Crippen LogP contribution in [-0.2, 0) is 0 Å². The Morgan fingerprint density at radius 3 is 2.75 bits per heavy atom. The van der Waals surface area contributed by atoms with Crippen molar-refractivity contribution >= 4 is 11.6 Å². The molecular weight excluding hydrogens is 270 g/mol. The highest BCUT2D eigenvalue weighted by atomic mass is 19.3. The molecule has 0 spiro atoms. The third-order valence-electron chi connectivity index (χ3n) is 2.56. The third-order valence-corrected chi connectivity index (χ3v) is 2.56. The Kier molecular flexibility index (Phi) is 6.92. The summed E-state index contributed by atoms with van der Waals surface area (Å²) in [4.78, 5) is 9.32. The first kappa shape index (κ1) is 16.4. The molecule has 114 valence electrons. The molecule has 6 nitrogen and oxygen atoms in total. The van der Waals surface area contributed by atoms with Crippen molar-refractivity contribution in [3.05, 3.63) is 6.33 Å². The van der Waals surface area contributed by atoms with Gasteiger partial charge in [-0.15, -0.1) is 0 Å². The fraction of sp³-hybridized carbons (Fsp3) is 0.667. The topological polar surface area (TPSA) is 70.5 Å². The average Bonchev–Trinajstić information content (AvgIpc) is 2.43. The second-order valence-electron chi connectivity index (χ2n) is 4.07. The Morgan fingerprint density at radius 2 is 2.20 bits per heavy atom. The number of aliphatic hydroxyl groups excluding tert-OH is 1. The molecule has 1 aromatic rings. The molecule has 1 aromatic heterocycles. The lowest BCUT2D eigenvalue weighted by Crippen LogP contribution is -2.32. The van der Waals surface area contributed by atoms with E-state index in [0.29, 0.717) is 18.1 Å². The number of alkyl halides is 2. The largest absolute Gasteiger partial charge is 0.490 e. The van der Waals surface area contributed by atoms with Gasteiger partial charge in [0, 0.05) is 13.1 Å². The molecule has 0 atom stereocenters. The minimum atomic E-state index is -2.53. The van der Waals surface area contributed by atoms with Crippen LogP contribution in [0.2, 0.25) is 0 Å². The maximum Gasteiger partial charge on any atom is 0.255 e. The molecule has 1 heterocycles. The summed E-state index contributed by atoms with van der Waals surface area (Å²) in [6.07, 6.45) is -0.362. The summed E-state index contributed by atoms with van der Waals surface area (Å²) >= 11 is 0.